The summed E-state index contributed by atoms with van der Waals surface area (Å²) in [5.41, 5.74) is 5.92. The van der Waals surface area contributed by atoms with Crippen LogP contribution in [-0.4, -0.2) is 52.8 Å². The van der Waals surface area contributed by atoms with Gasteiger partial charge in [0.15, 0.2) is 0 Å². The summed E-state index contributed by atoms with van der Waals surface area (Å²) < 4.78 is 0. The SMILES string of the molecule is NCC(=O)NC(CCCCN1C(=O)c2ccccc2C1=O)C(=O)O. The van der Waals surface area contributed by atoms with Gasteiger partial charge < -0.3 is 16.2 Å². The molecule has 2 rings (SSSR count). The van der Waals surface area contributed by atoms with Gasteiger partial charge in [0, 0.05) is 6.54 Å². The molecule has 1 aromatic rings. The molecule has 0 aromatic heterocycles. The van der Waals surface area contributed by atoms with Crippen molar-refractivity contribution >= 4 is 23.7 Å². The average molecular weight is 333 g/mol. The van der Waals surface area contributed by atoms with Crippen molar-refractivity contribution in [2.45, 2.75) is 25.3 Å². The Morgan fingerprint density at radius 2 is 1.71 bits per heavy atom. The van der Waals surface area contributed by atoms with Gasteiger partial charge in [-0.3, -0.25) is 19.3 Å². The van der Waals surface area contributed by atoms with Crippen LogP contribution in [0.1, 0.15) is 40.0 Å². The zero-order valence-electron chi connectivity index (χ0n) is 13.0. The monoisotopic (exact) mass is 333 g/mol. The lowest BCUT2D eigenvalue weighted by atomic mass is 10.1. The summed E-state index contributed by atoms with van der Waals surface area (Å²) in [5, 5.41) is 11.4. The zero-order chi connectivity index (χ0) is 17.7. The molecule has 0 spiro atoms. The third-order valence-electron chi connectivity index (χ3n) is 3.82. The summed E-state index contributed by atoms with van der Waals surface area (Å²) >= 11 is 0. The number of unbranched alkanes of at least 4 members (excludes halogenated alkanes) is 1. The van der Waals surface area contributed by atoms with Crippen LogP contribution in [0.5, 0.6) is 0 Å². The number of nitrogens with zero attached hydrogens (tertiary/aromatic N) is 1. The fraction of sp³-hybridized carbons (Fsp3) is 0.375. The van der Waals surface area contributed by atoms with Gasteiger partial charge in [0.1, 0.15) is 6.04 Å². The van der Waals surface area contributed by atoms with Gasteiger partial charge in [0.2, 0.25) is 5.91 Å². The second-order valence-electron chi connectivity index (χ2n) is 5.47. The smallest absolute Gasteiger partial charge is 0.326 e. The van der Waals surface area contributed by atoms with Gasteiger partial charge in [-0.25, -0.2) is 4.79 Å². The molecule has 4 N–H and O–H groups in total. The van der Waals surface area contributed by atoms with Gasteiger partial charge in [0.05, 0.1) is 17.7 Å². The number of fused-ring (bicyclic) bond motifs is 1. The normalized spacial score (nSPS) is 14.5. The van der Waals surface area contributed by atoms with E-state index in [0.717, 1.165) is 0 Å². The minimum absolute atomic E-state index is 0.199. The van der Waals surface area contributed by atoms with Gasteiger partial charge in [-0.15, -0.1) is 0 Å². The standard InChI is InChI=1S/C16H19N3O5/c17-9-13(20)18-12(16(23)24)7-3-4-8-19-14(21)10-5-1-2-6-11(10)15(19)22/h1-2,5-6,12H,3-4,7-9,17H2,(H,18,20)(H,23,24). The number of hydrogen-bond acceptors (Lipinski definition) is 5. The number of carbonyl (C=O) groups is 4. The van der Waals surface area contributed by atoms with Crippen LogP contribution in [0.15, 0.2) is 24.3 Å². The summed E-state index contributed by atoms with van der Waals surface area (Å²) in [6.07, 6.45) is 1.09. The van der Waals surface area contributed by atoms with Crippen LogP contribution in [0, 0.1) is 0 Å². The summed E-state index contributed by atoms with van der Waals surface area (Å²) in [7, 11) is 0. The van der Waals surface area contributed by atoms with Crippen LogP contribution in [0.2, 0.25) is 0 Å². The average Bonchev–Trinajstić information content (AvgIpc) is 2.82. The van der Waals surface area contributed by atoms with Crippen molar-refractivity contribution in [3.05, 3.63) is 35.4 Å². The minimum Gasteiger partial charge on any atom is -0.480 e. The molecule has 8 heteroatoms. The van der Waals surface area contributed by atoms with Crippen LogP contribution in [0.4, 0.5) is 0 Å². The van der Waals surface area contributed by atoms with E-state index in [9.17, 15) is 19.2 Å². The maximum absolute atomic E-state index is 12.2. The second kappa shape index (κ2) is 7.69. The number of imide groups is 1. The molecule has 0 bridgehead atoms. The third kappa shape index (κ3) is 3.77. The largest absolute Gasteiger partial charge is 0.480 e. The molecule has 128 valence electrons. The molecule has 24 heavy (non-hydrogen) atoms. The van der Waals surface area contributed by atoms with E-state index in [1.54, 1.807) is 24.3 Å². The van der Waals surface area contributed by atoms with Crippen LogP contribution in [-0.2, 0) is 9.59 Å². The highest BCUT2D eigenvalue weighted by molar-refractivity contribution is 6.21. The predicted octanol–water partition coefficient (Wildman–Crippen LogP) is -0.0190. The first kappa shape index (κ1) is 17.6. The van der Waals surface area contributed by atoms with E-state index in [2.05, 4.69) is 5.32 Å². The zero-order valence-corrected chi connectivity index (χ0v) is 13.0. The summed E-state index contributed by atoms with van der Waals surface area (Å²) in [6.45, 7) is -0.0671. The van der Waals surface area contributed by atoms with Crippen LogP contribution < -0.4 is 11.1 Å². The van der Waals surface area contributed by atoms with Gasteiger partial charge in [-0.05, 0) is 31.4 Å². The first-order chi connectivity index (χ1) is 11.5. The molecular weight excluding hydrogens is 314 g/mol. The van der Waals surface area contributed by atoms with E-state index >= 15 is 0 Å². The topological polar surface area (TPSA) is 130 Å². The summed E-state index contributed by atoms with van der Waals surface area (Å²) in [6, 6.07) is 5.59. The Morgan fingerprint density at radius 1 is 1.12 bits per heavy atom. The number of carboxylic acid groups (broad SMARTS) is 1. The van der Waals surface area contributed by atoms with Crippen molar-refractivity contribution < 1.29 is 24.3 Å². The first-order valence-electron chi connectivity index (χ1n) is 7.63. The Morgan fingerprint density at radius 3 is 2.21 bits per heavy atom. The molecule has 1 aliphatic rings. The number of rotatable bonds is 8. The molecule has 1 aliphatic heterocycles. The van der Waals surface area contributed by atoms with Gasteiger partial charge >= 0.3 is 5.97 Å². The van der Waals surface area contributed by atoms with Crippen molar-refractivity contribution in [3.63, 3.8) is 0 Å². The fourth-order valence-corrected chi connectivity index (χ4v) is 2.57. The highest BCUT2D eigenvalue weighted by atomic mass is 16.4. The number of carbonyl (C=O) groups excluding carboxylic acids is 3. The number of hydrogen-bond donors (Lipinski definition) is 3. The van der Waals surface area contributed by atoms with Crippen molar-refractivity contribution in [1.82, 2.24) is 10.2 Å². The molecule has 0 aliphatic carbocycles. The molecule has 0 saturated heterocycles. The van der Waals surface area contributed by atoms with E-state index in [4.69, 9.17) is 10.8 Å². The number of nitrogens with one attached hydrogen (secondary N) is 1. The van der Waals surface area contributed by atoms with E-state index < -0.39 is 17.9 Å². The van der Waals surface area contributed by atoms with E-state index in [-0.39, 0.29) is 31.3 Å². The fourth-order valence-electron chi connectivity index (χ4n) is 2.57. The molecule has 3 amide bonds. The first-order valence-corrected chi connectivity index (χ1v) is 7.63. The predicted molar refractivity (Wildman–Crippen MR) is 84.3 cm³/mol. The minimum atomic E-state index is -1.14. The molecule has 1 atom stereocenters. The summed E-state index contributed by atoms with van der Waals surface area (Å²) in [5.74, 6) is -2.34. The van der Waals surface area contributed by atoms with E-state index in [1.165, 1.54) is 4.90 Å². The highest BCUT2D eigenvalue weighted by Crippen LogP contribution is 2.22. The summed E-state index contributed by atoms with van der Waals surface area (Å²) in [4.78, 5) is 47.8. The van der Waals surface area contributed by atoms with E-state index in [0.29, 0.717) is 24.0 Å². The Balaban J connectivity index is 1.84. The number of amides is 3. The lowest BCUT2D eigenvalue weighted by Crippen LogP contribution is -2.43. The second-order valence-corrected chi connectivity index (χ2v) is 5.47. The van der Waals surface area contributed by atoms with Crippen molar-refractivity contribution in [2.75, 3.05) is 13.1 Å². The lowest BCUT2D eigenvalue weighted by Gasteiger charge is -2.16. The molecule has 8 nitrogen and oxygen atoms in total. The van der Waals surface area contributed by atoms with Gasteiger partial charge in [-0.2, -0.15) is 0 Å². The molecule has 0 saturated carbocycles. The Bertz CT molecular complexity index is 638. The molecule has 1 heterocycles. The highest BCUT2D eigenvalue weighted by Gasteiger charge is 2.34. The van der Waals surface area contributed by atoms with Crippen LogP contribution in [0.3, 0.4) is 0 Å². The van der Waals surface area contributed by atoms with Gasteiger partial charge in [0.25, 0.3) is 11.8 Å². The molecular formula is C16H19N3O5. The van der Waals surface area contributed by atoms with E-state index in [1.807, 2.05) is 0 Å². The number of benzene rings is 1. The van der Waals surface area contributed by atoms with Crippen molar-refractivity contribution in [3.8, 4) is 0 Å². The molecule has 1 aromatic carbocycles. The Kier molecular flexibility index (Phi) is 5.64. The Hall–Kier alpha value is -2.74. The maximum atomic E-state index is 12.2. The number of carboxylic acids is 1. The number of nitrogens with two attached hydrogens (primary N) is 1. The van der Waals surface area contributed by atoms with Crippen LogP contribution >= 0.6 is 0 Å². The lowest BCUT2D eigenvalue weighted by molar-refractivity contribution is -0.141. The van der Waals surface area contributed by atoms with Crippen molar-refractivity contribution in [2.24, 2.45) is 5.73 Å². The molecule has 0 fully saturated rings. The number of aliphatic carboxylic acids is 1. The van der Waals surface area contributed by atoms with Gasteiger partial charge in [-0.1, -0.05) is 12.1 Å². The molecule has 0 radical (unpaired) electrons. The van der Waals surface area contributed by atoms with Crippen molar-refractivity contribution in [1.29, 1.82) is 0 Å². The third-order valence-corrected chi connectivity index (χ3v) is 3.82. The molecule has 1 unspecified atom stereocenters. The quantitative estimate of drug-likeness (QED) is 0.453. The maximum Gasteiger partial charge on any atom is 0.326 e. The van der Waals surface area contributed by atoms with Crippen LogP contribution in [0.25, 0.3) is 0 Å². The Labute approximate surface area is 138 Å².